The molecule has 1 amide bonds. The monoisotopic (exact) mass is 502 g/mol. The first kappa shape index (κ1) is 26.3. The molecule has 2 aromatic heterocycles. The van der Waals surface area contributed by atoms with Crippen LogP contribution in [0.1, 0.15) is 47.4 Å². The number of halogens is 1. The second-order valence-corrected chi connectivity index (χ2v) is 10.1. The van der Waals surface area contributed by atoms with Crippen LogP contribution in [0.25, 0.3) is 0 Å². The molecule has 1 aliphatic carbocycles. The molecule has 2 heterocycles. The van der Waals surface area contributed by atoms with Crippen molar-refractivity contribution in [1.29, 1.82) is 0 Å². The third-order valence-electron chi connectivity index (χ3n) is 6.59. The lowest BCUT2D eigenvalue weighted by Gasteiger charge is -2.30. The fourth-order valence-electron chi connectivity index (χ4n) is 4.44. The lowest BCUT2D eigenvalue weighted by molar-refractivity contribution is 0.0958. The predicted octanol–water partition coefficient (Wildman–Crippen LogP) is 5.50. The quantitative estimate of drug-likeness (QED) is 0.335. The van der Waals surface area contributed by atoms with E-state index in [1.807, 2.05) is 0 Å². The third-order valence-corrected chi connectivity index (χ3v) is 6.59. The van der Waals surface area contributed by atoms with Gasteiger partial charge in [0.25, 0.3) is 5.91 Å². The van der Waals surface area contributed by atoms with Gasteiger partial charge in [-0.2, -0.15) is 0 Å². The number of nitrogens with one attached hydrogen (secondary N) is 3. The SMILES string of the molecule is C=CCNC(=O)c1cnc(Nc2ccc3c(c2)CCC(N(C)C)C3)cc1Nc1cccc(C(C)(C)F)n1. The number of amides is 1. The zero-order valence-electron chi connectivity index (χ0n) is 21.9. The van der Waals surface area contributed by atoms with Crippen LogP contribution < -0.4 is 16.0 Å². The number of anilines is 4. The van der Waals surface area contributed by atoms with Gasteiger partial charge in [-0.05, 0) is 82.6 Å². The summed E-state index contributed by atoms with van der Waals surface area (Å²) in [6.45, 7) is 6.89. The lowest BCUT2D eigenvalue weighted by atomic mass is 9.87. The molecule has 0 aliphatic heterocycles. The summed E-state index contributed by atoms with van der Waals surface area (Å²) in [4.78, 5) is 24.0. The van der Waals surface area contributed by atoms with Gasteiger partial charge in [-0.3, -0.25) is 4.79 Å². The summed E-state index contributed by atoms with van der Waals surface area (Å²) >= 11 is 0. The van der Waals surface area contributed by atoms with E-state index in [-0.39, 0.29) is 5.91 Å². The van der Waals surface area contributed by atoms with E-state index in [1.54, 1.807) is 30.3 Å². The van der Waals surface area contributed by atoms with Crippen molar-refractivity contribution < 1.29 is 9.18 Å². The first-order valence-electron chi connectivity index (χ1n) is 12.5. The van der Waals surface area contributed by atoms with E-state index in [9.17, 15) is 9.18 Å². The second kappa shape index (κ2) is 11.1. The van der Waals surface area contributed by atoms with Crippen LogP contribution in [0.5, 0.6) is 0 Å². The summed E-state index contributed by atoms with van der Waals surface area (Å²) in [5.74, 6) is 0.710. The number of carbonyl (C=O) groups excluding carboxylic acids is 1. The molecule has 3 aromatic rings. The van der Waals surface area contributed by atoms with Gasteiger partial charge >= 0.3 is 0 Å². The van der Waals surface area contributed by atoms with E-state index in [0.717, 1.165) is 24.9 Å². The maximum absolute atomic E-state index is 14.5. The zero-order chi connectivity index (χ0) is 26.6. The third kappa shape index (κ3) is 6.51. The number of benzene rings is 1. The Morgan fingerprint density at radius 3 is 2.70 bits per heavy atom. The van der Waals surface area contributed by atoms with Crippen LogP contribution in [0.4, 0.5) is 27.4 Å². The fourth-order valence-corrected chi connectivity index (χ4v) is 4.44. The number of fused-ring (bicyclic) bond motifs is 1. The van der Waals surface area contributed by atoms with Crippen LogP contribution in [0.2, 0.25) is 0 Å². The number of rotatable bonds is 9. The van der Waals surface area contributed by atoms with Crippen molar-refractivity contribution in [3.05, 3.63) is 83.7 Å². The van der Waals surface area contributed by atoms with Gasteiger partial charge in [0.1, 0.15) is 17.3 Å². The molecule has 0 radical (unpaired) electrons. The van der Waals surface area contributed by atoms with E-state index >= 15 is 0 Å². The molecular weight excluding hydrogens is 467 g/mol. The molecule has 8 heteroatoms. The highest BCUT2D eigenvalue weighted by molar-refractivity contribution is 6.00. The Labute approximate surface area is 218 Å². The summed E-state index contributed by atoms with van der Waals surface area (Å²) in [5.41, 5.74) is 3.22. The van der Waals surface area contributed by atoms with Crippen molar-refractivity contribution in [2.45, 2.75) is 44.8 Å². The Morgan fingerprint density at radius 1 is 1.16 bits per heavy atom. The molecule has 0 bridgehead atoms. The molecule has 0 fully saturated rings. The standard InChI is InChI=1S/C29H35FN6O/c1-6-14-31-28(37)23-18-32-27(17-24(23)34-26-9-7-8-25(35-26)29(2,3)30)33-21-12-10-20-16-22(36(4)5)13-11-19(20)15-21/h6-10,12,15,17-18,22H,1,11,13-14,16H2,2-5H3,(H,31,37)(H2,32,33,34,35). The van der Waals surface area contributed by atoms with E-state index < -0.39 is 5.67 Å². The fraction of sp³-hybridized carbons (Fsp3) is 0.345. The highest BCUT2D eigenvalue weighted by atomic mass is 19.1. The number of hydrogen-bond donors (Lipinski definition) is 3. The van der Waals surface area contributed by atoms with Gasteiger partial charge in [0.15, 0.2) is 0 Å². The molecule has 1 atom stereocenters. The maximum Gasteiger partial charge on any atom is 0.255 e. The van der Waals surface area contributed by atoms with Crippen molar-refractivity contribution in [3.63, 3.8) is 0 Å². The maximum atomic E-state index is 14.5. The Morgan fingerprint density at radius 2 is 1.97 bits per heavy atom. The largest absolute Gasteiger partial charge is 0.348 e. The molecular formula is C29H35FN6O. The minimum absolute atomic E-state index is 0.298. The van der Waals surface area contributed by atoms with E-state index in [0.29, 0.717) is 41.2 Å². The van der Waals surface area contributed by atoms with E-state index in [2.05, 4.69) is 69.7 Å². The van der Waals surface area contributed by atoms with Crippen LogP contribution in [-0.4, -0.2) is 47.5 Å². The average molecular weight is 503 g/mol. The first-order valence-corrected chi connectivity index (χ1v) is 12.5. The molecule has 0 saturated carbocycles. The lowest BCUT2D eigenvalue weighted by Crippen LogP contribution is -2.33. The van der Waals surface area contributed by atoms with Gasteiger partial charge in [-0.15, -0.1) is 6.58 Å². The number of alkyl halides is 1. The molecule has 1 aromatic carbocycles. The van der Waals surface area contributed by atoms with Crippen molar-refractivity contribution in [2.24, 2.45) is 0 Å². The summed E-state index contributed by atoms with van der Waals surface area (Å²) < 4.78 is 14.5. The molecule has 37 heavy (non-hydrogen) atoms. The zero-order valence-corrected chi connectivity index (χ0v) is 21.9. The summed E-state index contributed by atoms with van der Waals surface area (Å²) in [7, 11) is 4.27. The smallest absolute Gasteiger partial charge is 0.255 e. The van der Waals surface area contributed by atoms with Gasteiger partial charge in [0.05, 0.1) is 16.9 Å². The van der Waals surface area contributed by atoms with Gasteiger partial charge in [-0.25, -0.2) is 14.4 Å². The van der Waals surface area contributed by atoms with Crippen LogP contribution in [0, 0.1) is 0 Å². The first-order chi connectivity index (χ1) is 17.6. The highest BCUT2D eigenvalue weighted by Gasteiger charge is 2.22. The molecule has 1 aliphatic rings. The van der Waals surface area contributed by atoms with Crippen molar-refractivity contribution in [3.8, 4) is 0 Å². The Balaban J connectivity index is 1.61. The normalized spacial score (nSPS) is 15.1. The van der Waals surface area contributed by atoms with Gasteiger partial charge in [0.2, 0.25) is 0 Å². The minimum Gasteiger partial charge on any atom is -0.348 e. The molecule has 7 nitrogen and oxygen atoms in total. The van der Waals surface area contributed by atoms with Gasteiger partial charge in [0, 0.05) is 30.5 Å². The number of nitrogens with zero attached hydrogens (tertiary/aromatic N) is 3. The molecule has 1 unspecified atom stereocenters. The van der Waals surface area contributed by atoms with Gasteiger partial charge in [-0.1, -0.05) is 18.2 Å². The van der Waals surface area contributed by atoms with Crippen LogP contribution in [-0.2, 0) is 18.5 Å². The Hall–Kier alpha value is -3.78. The van der Waals surface area contributed by atoms with Crippen molar-refractivity contribution in [1.82, 2.24) is 20.2 Å². The number of aromatic nitrogens is 2. The number of hydrogen-bond acceptors (Lipinski definition) is 6. The molecule has 0 spiro atoms. The van der Waals surface area contributed by atoms with Crippen LogP contribution in [0.3, 0.4) is 0 Å². The number of carbonyl (C=O) groups is 1. The van der Waals surface area contributed by atoms with Gasteiger partial charge < -0.3 is 20.9 Å². The average Bonchev–Trinajstić information content (AvgIpc) is 2.86. The number of likely N-dealkylation sites (N-methyl/N-ethyl adjacent to an activating group) is 1. The minimum atomic E-state index is -1.59. The Kier molecular flexibility index (Phi) is 7.88. The summed E-state index contributed by atoms with van der Waals surface area (Å²) in [6, 6.07) is 13.9. The second-order valence-electron chi connectivity index (χ2n) is 10.1. The van der Waals surface area contributed by atoms with Crippen LogP contribution in [0.15, 0.2) is 61.3 Å². The molecule has 0 saturated heterocycles. The van der Waals surface area contributed by atoms with Crippen molar-refractivity contribution >= 4 is 28.9 Å². The topological polar surface area (TPSA) is 82.2 Å². The highest BCUT2D eigenvalue weighted by Crippen LogP contribution is 2.30. The summed E-state index contributed by atoms with van der Waals surface area (Å²) in [5, 5.41) is 9.34. The molecule has 194 valence electrons. The molecule has 4 rings (SSSR count). The van der Waals surface area contributed by atoms with Crippen LogP contribution >= 0.6 is 0 Å². The number of pyridine rings is 2. The van der Waals surface area contributed by atoms with E-state index in [1.165, 1.54) is 31.2 Å². The number of aryl methyl sites for hydroxylation is 1. The Bertz CT molecular complexity index is 1280. The van der Waals surface area contributed by atoms with Crippen molar-refractivity contribution in [2.75, 3.05) is 31.3 Å². The predicted molar refractivity (Wildman–Crippen MR) is 148 cm³/mol. The summed E-state index contributed by atoms with van der Waals surface area (Å²) in [6.07, 6.45) is 6.34. The van der Waals surface area contributed by atoms with E-state index in [4.69, 9.17) is 0 Å². The molecule has 3 N–H and O–H groups in total.